The van der Waals surface area contributed by atoms with Gasteiger partial charge in [-0.15, -0.1) is 0 Å². The Morgan fingerprint density at radius 1 is 1.33 bits per heavy atom. The third-order valence-electron chi connectivity index (χ3n) is 2.36. The molecule has 0 radical (unpaired) electrons. The van der Waals surface area contributed by atoms with Crippen LogP contribution in [0.5, 0.6) is 5.75 Å². The number of benzene rings is 1. The highest BCUT2D eigenvalue weighted by atomic mass is 79.9. The maximum absolute atomic E-state index is 11.9. The average Bonchev–Trinajstić information content (AvgIpc) is 2.27. The van der Waals surface area contributed by atoms with Crippen LogP contribution in [-0.4, -0.2) is 19.8 Å². The molecular weight excluding hydrogens is 311 g/mol. The zero-order valence-electron chi connectivity index (χ0n) is 9.98. The van der Waals surface area contributed by atoms with Gasteiger partial charge in [0.2, 0.25) is 0 Å². The quantitative estimate of drug-likeness (QED) is 0.801. The molecule has 0 amide bonds. The highest BCUT2D eigenvalue weighted by Crippen LogP contribution is 2.25. The third kappa shape index (κ3) is 5.73. The number of rotatable bonds is 6. The predicted octanol–water partition coefficient (Wildman–Crippen LogP) is 3.89. The number of methoxy groups -OCH3 is 1. The van der Waals surface area contributed by atoms with Gasteiger partial charge in [0.25, 0.3) is 0 Å². The van der Waals surface area contributed by atoms with E-state index in [0.717, 1.165) is 15.8 Å². The Bertz CT molecular complexity index is 382. The molecule has 1 rings (SSSR count). The molecule has 0 saturated heterocycles. The predicted molar refractivity (Wildman–Crippen MR) is 67.7 cm³/mol. The summed E-state index contributed by atoms with van der Waals surface area (Å²) in [7, 11) is 1.58. The van der Waals surface area contributed by atoms with Crippen LogP contribution < -0.4 is 10.1 Å². The summed E-state index contributed by atoms with van der Waals surface area (Å²) in [5.41, 5.74) is 0.995. The van der Waals surface area contributed by atoms with E-state index >= 15 is 0 Å². The first-order chi connectivity index (χ1) is 8.42. The van der Waals surface area contributed by atoms with Crippen molar-refractivity contribution in [1.29, 1.82) is 0 Å². The molecule has 0 aliphatic heterocycles. The van der Waals surface area contributed by atoms with Crippen LogP contribution in [0.15, 0.2) is 22.7 Å². The van der Waals surface area contributed by atoms with E-state index in [-0.39, 0.29) is 6.42 Å². The van der Waals surface area contributed by atoms with Crippen molar-refractivity contribution in [3.8, 4) is 5.75 Å². The summed E-state index contributed by atoms with van der Waals surface area (Å²) in [6.07, 6.45) is -4.71. The zero-order chi connectivity index (χ0) is 13.6. The van der Waals surface area contributed by atoms with Crippen molar-refractivity contribution in [3.63, 3.8) is 0 Å². The molecule has 2 nitrogen and oxygen atoms in total. The number of hydrogen-bond donors (Lipinski definition) is 1. The molecule has 1 aromatic rings. The maximum atomic E-state index is 11.9. The lowest BCUT2D eigenvalue weighted by Gasteiger charge is -2.09. The molecule has 102 valence electrons. The van der Waals surface area contributed by atoms with Gasteiger partial charge in [0.05, 0.1) is 11.6 Å². The third-order valence-corrected chi connectivity index (χ3v) is 2.98. The average molecular weight is 326 g/mol. The second kappa shape index (κ2) is 6.99. The van der Waals surface area contributed by atoms with Gasteiger partial charge in [-0.25, -0.2) is 0 Å². The number of nitrogens with one attached hydrogen (secondary N) is 1. The van der Waals surface area contributed by atoms with E-state index in [0.29, 0.717) is 13.1 Å². The van der Waals surface area contributed by atoms with Gasteiger partial charge in [-0.1, -0.05) is 6.07 Å². The van der Waals surface area contributed by atoms with E-state index < -0.39 is 12.6 Å². The molecule has 6 heteroatoms. The topological polar surface area (TPSA) is 21.3 Å². The standard InChI is InChI=1S/C12H15BrF3NO/c1-18-11-4-3-9(7-10(11)13)8-17-6-2-5-12(14,15)16/h3-4,7,17H,2,5-6,8H2,1H3. The van der Waals surface area contributed by atoms with Crippen LogP contribution in [0, 0.1) is 0 Å². The van der Waals surface area contributed by atoms with Crippen molar-refractivity contribution in [2.75, 3.05) is 13.7 Å². The molecule has 0 atom stereocenters. The van der Waals surface area contributed by atoms with Gasteiger partial charge in [0.1, 0.15) is 5.75 Å². The second-order valence-corrected chi connectivity index (χ2v) is 4.72. The van der Waals surface area contributed by atoms with E-state index in [4.69, 9.17) is 4.74 Å². The van der Waals surface area contributed by atoms with Gasteiger partial charge in [0.15, 0.2) is 0 Å². The normalized spacial score (nSPS) is 11.6. The van der Waals surface area contributed by atoms with Crippen LogP contribution in [-0.2, 0) is 6.54 Å². The molecule has 0 heterocycles. The van der Waals surface area contributed by atoms with Crippen molar-refractivity contribution < 1.29 is 17.9 Å². The Balaban J connectivity index is 2.29. The monoisotopic (exact) mass is 325 g/mol. The van der Waals surface area contributed by atoms with Crippen molar-refractivity contribution in [2.45, 2.75) is 25.6 Å². The van der Waals surface area contributed by atoms with E-state index in [2.05, 4.69) is 21.2 Å². The summed E-state index contributed by atoms with van der Waals surface area (Å²) in [4.78, 5) is 0. The molecule has 1 aromatic carbocycles. The molecule has 1 N–H and O–H groups in total. The Labute approximate surface area is 113 Å². The Morgan fingerprint density at radius 2 is 2.06 bits per heavy atom. The SMILES string of the molecule is COc1ccc(CNCCCC(F)(F)F)cc1Br. The fourth-order valence-electron chi connectivity index (χ4n) is 1.47. The lowest BCUT2D eigenvalue weighted by molar-refractivity contribution is -0.135. The van der Waals surface area contributed by atoms with Crippen molar-refractivity contribution in [3.05, 3.63) is 28.2 Å². The Morgan fingerprint density at radius 3 is 2.61 bits per heavy atom. The summed E-state index contributed by atoms with van der Waals surface area (Å²) in [6, 6.07) is 5.58. The van der Waals surface area contributed by atoms with Gasteiger partial charge >= 0.3 is 6.18 Å². The van der Waals surface area contributed by atoms with Crippen molar-refractivity contribution in [2.24, 2.45) is 0 Å². The number of hydrogen-bond acceptors (Lipinski definition) is 2. The van der Waals surface area contributed by atoms with Gasteiger partial charge in [-0.2, -0.15) is 13.2 Å². The highest BCUT2D eigenvalue weighted by Gasteiger charge is 2.25. The molecule has 18 heavy (non-hydrogen) atoms. The number of alkyl halides is 3. The smallest absolute Gasteiger partial charge is 0.389 e. The summed E-state index contributed by atoms with van der Waals surface area (Å²) in [6.45, 7) is 0.892. The minimum Gasteiger partial charge on any atom is -0.496 e. The summed E-state index contributed by atoms with van der Waals surface area (Å²) < 4.78 is 41.6. The Hall–Kier alpha value is -0.750. The molecular formula is C12H15BrF3NO. The van der Waals surface area contributed by atoms with Crippen LogP contribution >= 0.6 is 15.9 Å². The molecule has 0 aromatic heterocycles. The lowest BCUT2D eigenvalue weighted by Crippen LogP contribution is -2.17. The van der Waals surface area contributed by atoms with Gasteiger partial charge < -0.3 is 10.1 Å². The largest absolute Gasteiger partial charge is 0.496 e. The van der Waals surface area contributed by atoms with E-state index in [1.165, 1.54) is 0 Å². The first-order valence-electron chi connectivity index (χ1n) is 5.52. The fourth-order valence-corrected chi connectivity index (χ4v) is 2.05. The highest BCUT2D eigenvalue weighted by molar-refractivity contribution is 9.10. The molecule has 0 unspecified atom stereocenters. The van der Waals surface area contributed by atoms with Crippen LogP contribution in [0.1, 0.15) is 18.4 Å². The van der Waals surface area contributed by atoms with Gasteiger partial charge in [-0.3, -0.25) is 0 Å². The number of ether oxygens (including phenoxy) is 1. The van der Waals surface area contributed by atoms with E-state index in [1.807, 2.05) is 18.2 Å². The molecule has 0 aliphatic rings. The van der Waals surface area contributed by atoms with Crippen LogP contribution in [0.3, 0.4) is 0 Å². The minimum atomic E-state index is -4.06. The van der Waals surface area contributed by atoms with Crippen LogP contribution in [0.4, 0.5) is 13.2 Å². The summed E-state index contributed by atoms with van der Waals surface area (Å²) in [5, 5.41) is 2.98. The molecule has 0 bridgehead atoms. The molecule has 0 saturated carbocycles. The first kappa shape index (κ1) is 15.3. The maximum Gasteiger partial charge on any atom is 0.389 e. The van der Waals surface area contributed by atoms with Crippen molar-refractivity contribution >= 4 is 15.9 Å². The first-order valence-corrected chi connectivity index (χ1v) is 6.31. The molecule has 0 aliphatic carbocycles. The summed E-state index contributed by atoms with van der Waals surface area (Å²) in [5.74, 6) is 0.732. The minimum absolute atomic E-state index is 0.0980. The van der Waals surface area contributed by atoms with E-state index in [1.54, 1.807) is 7.11 Å². The zero-order valence-corrected chi connectivity index (χ0v) is 11.6. The van der Waals surface area contributed by atoms with E-state index in [9.17, 15) is 13.2 Å². The number of halogens is 4. The molecule has 0 fully saturated rings. The van der Waals surface area contributed by atoms with Crippen LogP contribution in [0.2, 0.25) is 0 Å². The van der Waals surface area contributed by atoms with Gasteiger partial charge in [0, 0.05) is 13.0 Å². The molecule has 0 spiro atoms. The van der Waals surface area contributed by atoms with Gasteiger partial charge in [-0.05, 0) is 46.6 Å². The Kier molecular flexibility index (Phi) is 5.95. The summed E-state index contributed by atoms with van der Waals surface area (Å²) >= 11 is 3.35. The fraction of sp³-hybridized carbons (Fsp3) is 0.500. The van der Waals surface area contributed by atoms with Crippen LogP contribution in [0.25, 0.3) is 0 Å². The second-order valence-electron chi connectivity index (χ2n) is 3.86. The van der Waals surface area contributed by atoms with Crippen molar-refractivity contribution in [1.82, 2.24) is 5.32 Å². The lowest BCUT2D eigenvalue weighted by atomic mass is 10.2.